The van der Waals surface area contributed by atoms with E-state index >= 15 is 0 Å². The molecule has 2 atom stereocenters. The van der Waals surface area contributed by atoms with Crippen LogP contribution in [0, 0.1) is 11.3 Å². The van der Waals surface area contributed by atoms with E-state index in [1.54, 1.807) is 0 Å². The zero-order valence-electron chi connectivity index (χ0n) is 10.1. The molecule has 0 aromatic carbocycles. The maximum atomic E-state index is 8.59. The van der Waals surface area contributed by atoms with E-state index in [-0.39, 0.29) is 0 Å². The molecule has 4 heteroatoms. The highest BCUT2D eigenvalue weighted by atomic mass is 16.4. The first kappa shape index (κ1) is 11.7. The van der Waals surface area contributed by atoms with Gasteiger partial charge in [0.15, 0.2) is 0 Å². The fourth-order valence-corrected chi connectivity index (χ4v) is 2.81. The van der Waals surface area contributed by atoms with Gasteiger partial charge >= 0.3 is 0 Å². The van der Waals surface area contributed by atoms with Crippen LogP contribution in [0.15, 0.2) is 5.16 Å². The van der Waals surface area contributed by atoms with Gasteiger partial charge in [-0.3, -0.25) is 0 Å². The molecule has 92 valence electrons. The van der Waals surface area contributed by atoms with Gasteiger partial charge < -0.3 is 16.3 Å². The van der Waals surface area contributed by atoms with Crippen molar-refractivity contribution in [2.45, 2.75) is 51.5 Å². The smallest absolute Gasteiger partial charge is 0.139 e. The Balaban J connectivity index is 1.77. The first-order valence-electron chi connectivity index (χ1n) is 6.35. The third-order valence-electron chi connectivity index (χ3n) is 4.24. The Bertz CT molecular complexity index is 273. The van der Waals surface area contributed by atoms with Gasteiger partial charge in [0, 0.05) is 19.0 Å². The van der Waals surface area contributed by atoms with Crippen molar-refractivity contribution >= 4 is 5.84 Å². The van der Waals surface area contributed by atoms with E-state index in [9.17, 15) is 0 Å². The number of rotatable bonds is 5. The van der Waals surface area contributed by atoms with E-state index in [0.717, 1.165) is 18.9 Å². The second-order valence-electron chi connectivity index (χ2n) is 5.66. The van der Waals surface area contributed by atoms with Gasteiger partial charge in [-0.25, -0.2) is 0 Å². The van der Waals surface area contributed by atoms with Crippen LogP contribution in [0.1, 0.15) is 45.4 Å². The Morgan fingerprint density at radius 3 is 2.75 bits per heavy atom. The van der Waals surface area contributed by atoms with Crippen LogP contribution in [0.3, 0.4) is 0 Å². The van der Waals surface area contributed by atoms with E-state index in [2.05, 4.69) is 17.4 Å². The zero-order valence-corrected chi connectivity index (χ0v) is 10.1. The Labute approximate surface area is 97.3 Å². The maximum absolute atomic E-state index is 8.59. The molecule has 2 unspecified atom stereocenters. The second kappa shape index (κ2) is 4.62. The third kappa shape index (κ3) is 2.67. The first-order chi connectivity index (χ1) is 7.65. The van der Waals surface area contributed by atoms with E-state index in [1.165, 1.54) is 32.1 Å². The molecule has 2 rings (SSSR count). The largest absolute Gasteiger partial charge is 0.409 e. The van der Waals surface area contributed by atoms with Gasteiger partial charge in [-0.2, -0.15) is 0 Å². The molecule has 0 bridgehead atoms. The summed E-state index contributed by atoms with van der Waals surface area (Å²) in [5.74, 6) is 1.18. The van der Waals surface area contributed by atoms with Crippen molar-refractivity contribution in [2.75, 3.05) is 6.54 Å². The van der Waals surface area contributed by atoms with Crippen molar-refractivity contribution in [3.8, 4) is 0 Å². The van der Waals surface area contributed by atoms with Gasteiger partial charge in [-0.15, -0.1) is 0 Å². The minimum absolute atomic E-state index is 0.290. The molecular formula is C12H23N3O. The number of amidine groups is 1. The fraction of sp³-hybridized carbons (Fsp3) is 0.917. The molecule has 0 aromatic heterocycles. The van der Waals surface area contributed by atoms with E-state index in [0.29, 0.717) is 17.3 Å². The molecule has 0 aliphatic heterocycles. The Morgan fingerprint density at radius 1 is 1.50 bits per heavy atom. The lowest BCUT2D eigenvalue weighted by Crippen LogP contribution is -2.37. The average Bonchev–Trinajstić information content (AvgIpc) is 2.91. The summed E-state index contributed by atoms with van der Waals surface area (Å²) < 4.78 is 0. The predicted molar refractivity (Wildman–Crippen MR) is 64.5 cm³/mol. The highest BCUT2D eigenvalue weighted by Crippen LogP contribution is 2.48. The summed E-state index contributed by atoms with van der Waals surface area (Å²) in [7, 11) is 0. The minimum Gasteiger partial charge on any atom is -0.409 e. The monoisotopic (exact) mass is 225 g/mol. The number of hydrogen-bond donors (Lipinski definition) is 3. The van der Waals surface area contributed by atoms with Crippen molar-refractivity contribution in [3.63, 3.8) is 0 Å². The molecule has 0 aromatic rings. The second-order valence-corrected chi connectivity index (χ2v) is 5.66. The van der Waals surface area contributed by atoms with Crippen molar-refractivity contribution < 1.29 is 5.21 Å². The molecule has 2 aliphatic rings. The lowest BCUT2D eigenvalue weighted by atomic mass is 10.00. The summed E-state index contributed by atoms with van der Waals surface area (Å²) in [5, 5.41) is 15.3. The number of nitrogens with one attached hydrogen (secondary N) is 1. The molecule has 0 amide bonds. The number of hydrogen-bond acceptors (Lipinski definition) is 3. The fourth-order valence-electron chi connectivity index (χ4n) is 2.81. The van der Waals surface area contributed by atoms with Gasteiger partial charge in [0.2, 0.25) is 0 Å². The molecule has 4 nitrogen and oxygen atoms in total. The van der Waals surface area contributed by atoms with Crippen LogP contribution in [-0.2, 0) is 0 Å². The van der Waals surface area contributed by atoms with Gasteiger partial charge in [0.05, 0.1) is 0 Å². The van der Waals surface area contributed by atoms with Crippen LogP contribution in [0.2, 0.25) is 0 Å². The summed E-state index contributed by atoms with van der Waals surface area (Å²) in [6.07, 6.45) is 7.16. The molecule has 0 saturated heterocycles. The normalized spacial score (nSPS) is 32.9. The molecule has 16 heavy (non-hydrogen) atoms. The highest BCUT2D eigenvalue weighted by Gasteiger charge is 2.43. The SMILES string of the molecule is CC1CCCC1NCC1(CC(N)=NO)CC1. The molecule has 0 spiro atoms. The third-order valence-corrected chi connectivity index (χ3v) is 4.24. The topological polar surface area (TPSA) is 70.6 Å². The summed E-state index contributed by atoms with van der Waals surface area (Å²) in [6.45, 7) is 3.35. The predicted octanol–water partition coefficient (Wildman–Crippen LogP) is 1.68. The van der Waals surface area contributed by atoms with Crippen LogP contribution < -0.4 is 11.1 Å². The lowest BCUT2D eigenvalue weighted by molar-refractivity contribution is 0.312. The Hall–Kier alpha value is -0.770. The molecular weight excluding hydrogens is 202 g/mol. The number of oxime groups is 1. The highest BCUT2D eigenvalue weighted by molar-refractivity contribution is 5.80. The summed E-state index contributed by atoms with van der Waals surface area (Å²) in [5.41, 5.74) is 5.87. The Morgan fingerprint density at radius 2 is 2.25 bits per heavy atom. The van der Waals surface area contributed by atoms with Crippen LogP contribution in [0.4, 0.5) is 0 Å². The van der Waals surface area contributed by atoms with Crippen LogP contribution in [0.25, 0.3) is 0 Å². The van der Waals surface area contributed by atoms with Gasteiger partial charge in [-0.05, 0) is 37.0 Å². The van der Waals surface area contributed by atoms with E-state index < -0.39 is 0 Å². The number of nitrogens with two attached hydrogens (primary N) is 1. The number of nitrogens with zero attached hydrogens (tertiary/aromatic N) is 1. The first-order valence-corrected chi connectivity index (χ1v) is 6.35. The van der Waals surface area contributed by atoms with Crippen molar-refractivity contribution in [2.24, 2.45) is 22.2 Å². The molecule has 2 fully saturated rings. The molecule has 4 N–H and O–H groups in total. The van der Waals surface area contributed by atoms with Crippen LogP contribution >= 0.6 is 0 Å². The molecule has 0 heterocycles. The van der Waals surface area contributed by atoms with Crippen LogP contribution in [0.5, 0.6) is 0 Å². The molecule has 0 radical (unpaired) electrons. The quantitative estimate of drug-likeness (QED) is 0.288. The van der Waals surface area contributed by atoms with Crippen molar-refractivity contribution in [3.05, 3.63) is 0 Å². The zero-order chi connectivity index (χ0) is 11.6. The van der Waals surface area contributed by atoms with Gasteiger partial charge in [0.1, 0.15) is 5.84 Å². The lowest BCUT2D eigenvalue weighted by Gasteiger charge is -2.22. The average molecular weight is 225 g/mol. The van der Waals surface area contributed by atoms with Crippen LogP contribution in [-0.4, -0.2) is 23.6 Å². The van der Waals surface area contributed by atoms with E-state index in [4.69, 9.17) is 10.9 Å². The minimum atomic E-state index is 0.290. The van der Waals surface area contributed by atoms with Crippen molar-refractivity contribution in [1.82, 2.24) is 5.32 Å². The van der Waals surface area contributed by atoms with Gasteiger partial charge in [0.25, 0.3) is 0 Å². The van der Waals surface area contributed by atoms with Gasteiger partial charge in [-0.1, -0.05) is 18.5 Å². The summed E-state index contributed by atoms with van der Waals surface area (Å²) in [6, 6.07) is 0.685. The standard InChI is InChI=1S/C12H23N3O/c1-9-3-2-4-10(9)14-8-12(5-6-12)7-11(13)15-16/h9-10,14,16H,2-8H2,1H3,(H2,13,15). The van der Waals surface area contributed by atoms with Crippen molar-refractivity contribution in [1.29, 1.82) is 0 Å². The van der Waals surface area contributed by atoms with E-state index in [1.807, 2.05) is 0 Å². The Kier molecular flexibility index (Phi) is 3.38. The maximum Gasteiger partial charge on any atom is 0.139 e. The summed E-state index contributed by atoms with van der Waals surface area (Å²) in [4.78, 5) is 0. The molecule has 2 aliphatic carbocycles. The molecule has 2 saturated carbocycles. The summed E-state index contributed by atoms with van der Waals surface area (Å²) >= 11 is 0.